The fourth-order valence-electron chi connectivity index (χ4n) is 2.14. The number of aliphatic hydroxyl groups is 1. The first-order valence-corrected chi connectivity index (χ1v) is 5.75. The van der Waals surface area contributed by atoms with Crippen LogP contribution < -0.4 is 5.73 Å². The normalized spacial score (nSPS) is 25.0. The van der Waals surface area contributed by atoms with Gasteiger partial charge in [-0.3, -0.25) is 9.48 Å². The molecule has 94 valence electrons. The van der Waals surface area contributed by atoms with E-state index in [-0.39, 0.29) is 17.9 Å². The monoisotopic (exact) mass is 238 g/mol. The van der Waals surface area contributed by atoms with Gasteiger partial charge in [0.2, 0.25) is 0 Å². The van der Waals surface area contributed by atoms with Crippen LogP contribution in [0.3, 0.4) is 0 Å². The number of nitrogen functional groups attached to an aromatic ring is 1. The van der Waals surface area contributed by atoms with Crippen LogP contribution in [0.2, 0.25) is 0 Å². The molecule has 2 rings (SSSR count). The predicted octanol–water partition coefficient (Wildman–Crippen LogP) is -0.155. The summed E-state index contributed by atoms with van der Waals surface area (Å²) in [6.07, 6.45) is 1.91. The minimum atomic E-state index is -0.319. The minimum Gasteiger partial charge on any atom is -0.396 e. The molecule has 1 aromatic heterocycles. The zero-order chi connectivity index (χ0) is 12.6. The first-order chi connectivity index (χ1) is 7.99. The Balaban J connectivity index is 2.13. The summed E-state index contributed by atoms with van der Waals surface area (Å²) < 4.78 is 1.53. The van der Waals surface area contributed by atoms with E-state index in [4.69, 9.17) is 5.73 Å². The Kier molecular flexibility index (Phi) is 3.06. The Bertz CT molecular complexity index is 429. The number of likely N-dealkylation sites (tertiary alicyclic amines) is 1. The van der Waals surface area contributed by atoms with Crippen molar-refractivity contribution in [3.8, 4) is 0 Å². The van der Waals surface area contributed by atoms with E-state index in [2.05, 4.69) is 5.10 Å². The molecular weight excluding hydrogens is 220 g/mol. The summed E-state index contributed by atoms with van der Waals surface area (Å²) in [5, 5.41) is 13.7. The summed E-state index contributed by atoms with van der Waals surface area (Å²) in [6.45, 7) is 3.04. The number of hydrogen-bond donors (Lipinski definition) is 2. The third-order valence-corrected chi connectivity index (χ3v) is 3.21. The van der Waals surface area contributed by atoms with E-state index in [0.717, 1.165) is 0 Å². The number of piperidine rings is 1. The number of anilines is 1. The Morgan fingerprint density at radius 1 is 1.65 bits per heavy atom. The van der Waals surface area contributed by atoms with E-state index in [1.165, 1.54) is 4.68 Å². The van der Waals surface area contributed by atoms with E-state index in [0.29, 0.717) is 30.9 Å². The molecule has 2 heterocycles. The molecule has 2 unspecified atom stereocenters. The number of hydrogen-bond acceptors (Lipinski definition) is 4. The van der Waals surface area contributed by atoms with Crippen molar-refractivity contribution >= 4 is 11.6 Å². The van der Waals surface area contributed by atoms with Crippen LogP contribution in [0.1, 0.15) is 23.8 Å². The smallest absolute Gasteiger partial charge is 0.276 e. The number of amides is 1. The van der Waals surface area contributed by atoms with Crippen molar-refractivity contribution in [2.24, 2.45) is 13.0 Å². The second kappa shape index (κ2) is 4.37. The van der Waals surface area contributed by atoms with Crippen molar-refractivity contribution in [1.82, 2.24) is 14.7 Å². The number of carbonyl (C=O) groups is 1. The van der Waals surface area contributed by atoms with Crippen molar-refractivity contribution in [2.75, 3.05) is 18.8 Å². The molecule has 1 aromatic rings. The van der Waals surface area contributed by atoms with Gasteiger partial charge in [0, 0.05) is 26.3 Å². The van der Waals surface area contributed by atoms with Crippen LogP contribution in [0.4, 0.5) is 5.69 Å². The fraction of sp³-hybridized carbons (Fsp3) is 0.636. The highest BCUT2D eigenvalue weighted by molar-refractivity contribution is 5.97. The molecule has 0 radical (unpaired) electrons. The zero-order valence-corrected chi connectivity index (χ0v) is 10.1. The van der Waals surface area contributed by atoms with Gasteiger partial charge in [-0.1, -0.05) is 6.92 Å². The lowest BCUT2D eigenvalue weighted by molar-refractivity contribution is 0.0294. The molecule has 0 saturated carbocycles. The van der Waals surface area contributed by atoms with E-state index in [1.807, 2.05) is 6.92 Å². The first kappa shape index (κ1) is 11.9. The SMILES string of the molecule is CC1CN(C(=O)c2nn(C)cc2N)CCC1O. The average molecular weight is 238 g/mol. The molecule has 1 saturated heterocycles. The Hall–Kier alpha value is -1.56. The number of rotatable bonds is 1. The molecule has 0 aliphatic carbocycles. The maximum Gasteiger partial charge on any atom is 0.276 e. The van der Waals surface area contributed by atoms with Crippen LogP contribution in [-0.4, -0.2) is 44.9 Å². The Morgan fingerprint density at radius 2 is 2.35 bits per heavy atom. The third-order valence-electron chi connectivity index (χ3n) is 3.21. The molecule has 6 heteroatoms. The number of aliphatic hydroxyl groups excluding tert-OH is 1. The molecule has 17 heavy (non-hydrogen) atoms. The molecule has 1 aliphatic rings. The Labute approximate surface area is 100 Å². The van der Waals surface area contributed by atoms with Gasteiger partial charge in [0.05, 0.1) is 11.8 Å². The van der Waals surface area contributed by atoms with Gasteiger partial charge >= 0.3 is 0 Å². The Morgan fingerprint density at radius 3 is 2.88 bits per heavy atom. The zero-order valence-electron chi connectivity index (χ0n) is 10.1. The molecule has 2 atom stereocenters. The third kappa shape index (κ3) is 2.26. The molecule has 6 nitrogen and oxygen atoms in total. The van der Waals surface area contributed by atoms with Gasteiger partial charge in [0.1, 0.15) is 0 Å². The van der Waals surface area contributed by atoms with Gasteiger partial charge in [-0.15, -0.1) is 0 Å². The second-order valence-electron chi connectivity index (χ2n) is 4.69. The summed E-state index contributed by atoms with van der Waals surface area (Å²) in [5.41, 5.74) is 6.43. The van der Waals surface area contributed by atoms with Gasteiger partial charge in [-0.05, 0) is 12.3 Å². The van der Waals surface area contributed by atoms with Gasteiger partial charge < -0.3 is 15.7 Å². The van der Waals surface area contributed by atoms with Gasteiger partial charge in [-0.25, -0.2) is 0 Å². The number of nitrogens with zero attached hydrogens (tertiary/aromatic N) is 3. The molecule has 1 fully saturated rings. The molecule has 3 N–H and O–H groups in total. The number of aryl methyl sites for hydroxylation is 1. The molecule has 1 aliphatic heterocycles. The quantitative estimate of drug-likeness (QED) is 0.712. The van der Waals surface area contributed by atoms with Gasteiger partial charge in [0.25, 0.3) is 5.91 Å². The highest BCUT2D eigenvalue weighted by Gasteiger charge is 2.29. The van der Waals surface area contributed by atoms with Crippen molar-refractivity contribution in [2.45, 2.75) is 19.4 Å². The second-order valence-corrected chi connectivity index (χ2v) is 4.69. The lowest BCUT2D eigenvalue weighted by Gasteiger charge is -2.34. The predicted molar refractivity (Wildman–Crippen MR) is 63.3 cm³/mol. The van der Waals surface area contributed by atoms with Crippen molar-refractivity contribution in [3.63, 3.8) is 0 Å². The van der Waals surface area contributed by atoms with Crippen LogP contribution in [0.5, 0.6) is 0 Å². The minimum absolute atomic E-state index is 0.0950. The largest absolute Gasteiger partial charge is 0.396 e. The van der Waals surface area contributed by atoms with Crippen LogP contribution in [0.25, 0.3) is 0 Å². The molecule has 1 amide bonds. The fourth-order valence-corrected chi connectivity index (χ4v) is 2.14. The molecular formula is C11H18N4O2. The summed E-state index contributed by atoms with van der Waals surface area (Å²) in [4.78, 5) is 13.9. The van der Waals surface area contributed by atoms with Crippen LogP contribution in [0, 0.1) is 5.92 Å². The van der Waals surface area contributed by atoms with Crippen LogP contribution >= 0.6 is 0 Å². The maximum absolute atomic E-state index is 12.2. The van der Waals surface area contributed by atoms with Gasteiger partial charge in [0.15, 0.2) is 5.69 Å². The maximum atomic E-state index is 12.2. The topological polar surface area (TPSA) is 84.4 Å². The number of aromatic nitrogens is 2. The van der Waals surface area contributed by atoms with Gasteiger partial charge in [-0.2, -0.15) is 5.10 Å². The molecule has 0 spiro atoms. The molecule has 0 aromatic carbocycles. The highest BCUT2D eigenvalue weighted by Crippen LogP contribution is 2.20. The standard InChI is InChI=1S/C11H18N4O2/c1-7-5-15(4-3-9(7)16)11(17)10-8(12)6-14(2)13-10/h6-7,9,16H,3-5,12H2,1-2H3. The summed E-state index contributed by atoms with van der Waals surface area (Å²) >= 11 is 0. The van der Waals surface area contributed by atoms with E-state index < -0.39 is 0 Å². The van der Waals surface area contributed by atoms with Crippen molar-refractivity contribution in [1.29, 1.82) is 0 Å². The molecule has 0 bridgehead atoms. The summed E-state index contributed by atoms with van der Waals surface area (Å²) in [6, 6.07) is 0. The van der Waals surface area contributed by atoms with Crippen molar-refractivity contribution in [3.05, 3.63) is 11.9 Å². The summed E-state index contributed by atoms with van der Waals surface area (Å²) in [7, 11) is 1.73. The van der Waals surface area contributed by atoms with E-state index in [9.17, 15) is 9.90 Å². The lowest BCUT2D eigenvalue weighted by atomic mass is 9.96. The first-order valence-electron chi connectivity index (χ1n) is 5.75. The van der Waals surface area contributed by atoms with Crippen molar-refractivity contribution < 1.29 is 9.90 Å². The highest BCUT2D eigenvalue weighted by atomic mass is 16.3. The average Bonchev–Trinajstić information content (AvgIpc) is 2.61. The van der Waals surface area contributed by atoms with E-state index in [1.54, 1.807) is 18.1 Å². The van der Waals surface area contributed by atoms with E-state index >= 15 is 0 Å². The lowest BCUT2D eigenvalue weighted by Crippen LogP contribution is -2.45. The van der Waals surface area contributed by atoms with Crippen LogP contribution in [0.15, 0.2) is 6.20 Å². The van der Waals surface area contributed by atoms with Crippen LogP contribution in [-0.2, 0) is 7.05 Å². The summed E-state index contributed by atoms with van der Waals surface area (Å²) in [5.74, 6) is -0.0560. The number of carbonyl (C=O) groups excluding carboxylic acids is 1. The number of nitrogens with two attached hydrogens (primary N) is 1.